The molecule has 0 atom stereocenters. The monoisotopic (exact) mass is 628 g/mol. The van der Waals surface area contributed by atoms with E-state index in [4.69, 9.17) is 21.1 Å². The molecule has 0 aliphatic rings. The van der Waals surface area contributed by atoms with E-state index in [0.717, 1.165) is 27.8 Å². The summed E-state index contributed by atoms with van der Waals surface area (Å²) in [5, 5.41) is 15.7. The van der Waals surface area contributed by atoms with Crippen LogP contribution < -0.4 is 14.9 Å². The fraction of sp³-hybridized carbons (Fsp3) is 0.375. The van der Waals surface area contributed by atoms with Crippen molar-refractivity contribution in [2.24, 2.45) is 5.10 Å². The van der Waals surface area contributed by atoms with Gasteiger partial charge in [0.05, 0.1) is 17.8 Å². The summed E-state index contributed by atoms with van der Waals surface area (Å²) in [4.78, 5) is 12.6. The van der Waals surface area contributed by atoms with Crippen molar-refractivity contribution in [3.8, 4) is 17.2 Å². The number of aromatic hydroxyl groups is 1. The van der Waals surface area contributed by atoms with Crippen LogP contribution in [-0.2, 0) is 28.7 Å². The lowest BCUT2D eigenvalue weighted by Gasteiger charge is -2.28. The van der Waals surface area contributed by atoms with Crippen LogP contribution in [-0.4, -0.2) is 24.3 Å². The van der Waals surface area contributed by atoms with E-state index in [9.17, 15) is 9.90 Å². The Morgan fingerprint density at radius 3 is 2.25 bits per heavy atom. The summed E-state index contributed by atoms with van der Waals surface area (Å²) in [6.45, 7) is 12.7. The molecule has 0 radical (unpaired) electrons. The lowest BCUT2D eigenvalue weighted by molar-refractivity contribution is -0.121. The van der Waals surface area contributed by atoms with E-state index in [1.165, 1.54) is 0 Å². The number of benzene rings is 3. The van der Waals surface area contributed by atoms with E-state index in [1.807, 2.05) is 42.5 Å². The Kier molecular flexibility index (Phi) is 10.3. The van der Waals surface area contributed by atoms with Crippen LogP contribution in [0.4, 0.5) is 0 Å². The fourth-order valence-corrected chi connectivity index (χ4v) is 4.96. The van der Waals surface area contributed by atoms with Crippen molar-refractivity contribution < 1.29 is 19.4 Å². The zero-order valence-electron chi connectivity index (χ0n) is 24.2. The second kappa shape index (κ2) is 13.1. The first-order chi connectivity index (χ1) is 18.7. The first-order valence-electron chi connectivity index (χ1n) is 13.1. The Balaban J connectivity index is 1.66. The Morgan fingerprint density at radius 1 is 1.05 bits per heavy atom. The van der Waals surface area contributed by atoms with Crippen molar-refractivity contribution in [3.05, 3.63) is 85.8 Å². The maximum Gasteiger partial charge on any atom is 0.240 e. The summed E-state index contributed by atoms with van der Waals surface area (Å²) >= 11 is 9.78. The van der Waals surface area contributed by atoms with E-state index in [2.05, 4.69) is 68.0 Å². The number of phenolic OH excluding ortho intramolecular Hbond substituents is 1. The van der Waals surface area contributed by atoms with Gasteiger partial charge in [-0.05, 0) is 73.6 Å². The third-order valence-corrected chi connectivity index (χ3v) is 7.37. The zero-order valence-corrected chi connectivity index (χ0v) is 26.5. The number of hydrogen-bond donors (Lipinski definition) is 2. The molecule has 3 aromatic rings. The van der Waals surface area contributed by atoms with Gasteiger partial charge in [-0.2, -0.15) is 5.10 Å². The number of nitrogens with one attached hydrogen (secondary N) is 1. The number of rotatable bonds is 9. The van der Waals surface area contributed by atoms with Crippen LogP contribution in [0.1, 0.15) is 75.8 Å². The zero-order chi connectivity index (χ0) is 29.7. The molecule has 0 saturated heterocycles. The number of phenols is 1. The van der Waals surface area contributed by atoms with Gasteiger partial charge in [0, 0.05) is 17.0 Å². The van der Waals surface area contributed by atoms with Gasteiger partial charge in [-0.15, -0.1) is 0 Å². The molecule has 2 N–H and O–H groups in total. The van der Waals surface area contributed by atoms with Gasteiger partial charge in [0.15, 0.2) is 11.5 Å². The first kappa shape index (κ1) is 31.5. The molecule has 3 rings (SSSR count). The van der Waals surface area contributed by atoms with Gasteiger partial charge in [0.2, 0.25) is 5.91 Å². The maximum absolute atomic E-state index is 12.6. The van der Waals surface area contributed by atoms with Crippen molar-refractivity contribution in [1.29, 1.82) is 0 Å². The molecule has 8 heteroatoms. The van der Waals surface area contributed by atoms with Crippen LogP contribution in [0.5, 0.6) is 17.2 Å². The number of halogens is 2. The highest BCUT2D eigenvalue weighted by Gasteiger charge is 2.26. The highest BCUT2D eigenvalue weighted by molar-refractivity contribution is 9.10. The summed E-state index contributed by atoms with van der Waals surface area (Å²) < 4.78 is 12.2. The molecule has 0 bridgehead atoms. The molecule has 0 unspecified atom stereocenters. The average molecular weight is 630 g/mol. The highest BCUT2D eigenvalue weighted by Crippen LogP contribution is 2.40. The second-order valence-electron chi connectivity index (χ2n) is 11.7. The molecule has 6 nitrogen and oxygen atoms in total. The average Bonchev–Trinajstić information content (AvgIpc) is 2.86. The Bertz CT molecular complexity index is 1360. The van der Waals surface area contributed by atoms with Crippen LogP contribution in [0.3, 0.4) is 0 Å². The molecule has 0 fully saturated rings. The number of nitrogens with zero attached hydrogens (tertiary/aromatic N) is 1. The number of methoxy groups -OCH3 is 1. The van der Waals surface area contributed by atoms with Crippen LogP contribution in [0, 0.1) is 0 Å². The minimum absolute atomic E-state index is 0.204. The van der Waals surface area contributed by atoms with Gasteiger partial charge < -0.3 is 14.6 Å². The van der Waals surface area contributed by atoms with Gasteiger partial charge in [-0.25, -0.2) is 5.43 Å². The molecule has 214 valence electrons. The fourth-order valence-electron chi connectivity index (χ4n) is 4.19. The van der Waals surface area contributed by atoms with E-state index >= 15 is 0 Å². The minimum atomic E-state index is -0.225. The van der Waals surface area contributed by atoms with Crippen molar-refractivity contribution >= 4 is 39.7 Å². The van der Waals surface area contributed by atoms with E-state index in [1.54, 1.807) is 19.4 Å². The van der Waals surface area contributed by atoms with Crippen LogP contribution >= 0.6 is 27.5 Å². The second-order valence-corrected chi connectivity index (χ2v) is 13.0. The number of hydrogen-bond acceptors (Lipinski definition) is 5. The van der Waals surface area contributed by atoms with Gasteiger partial charge >= 0.3 is 0 Å². The molecular weight excluding hydrogens is 592 g/mol. The maximum atomic E-state index is 12.6. The number of hydrazone groups is 1. The summed E-state index contributed by atoms with van der Waals surface area (Å²) in [6, 6.07) is 15.1. The van der Waals surface area contributed by atoms with Gasteiger partial charge in [-0.1, -0.05) is 83.5 Å². The number of aryl methyl sites for hydroxylation is 1. The molecule has 0 spiro atoms. The number of carbonyl (C=O) groups is 1. The summed E-state index contributed by atoms with van der Waals surface area (Å²) in [7, 11) is 1.56. The van der Waals surface area contributed by atoms with Gasteiger partial charge in [-0.3, -0.25) is 4.79 Å². The molecule has 0 heterocycles. The van der Waals surface area contributed by atoms with E-state index in [0.29, 0.717) is 33.2 Å². The largest absolute Gasteiger partial charge is 0.507 e. The summed E-state index contributed by atoms with van der Waals surface area (Å²) in [5.74, 6) is 1.19. The third-order valence-electron chi connectivity index (χ3n) is 6.41. The quantitative estimate of drug-likeness (QED) is 0.185. The molecule has 0 aromatic heterocycles. The molecule has 0 aliphatic heterocycles. The smallest absolute Gasteiger partial charge is 0.240 e. The Hall–Kier alpha value is -3.03. The lowest BCUT2D eigenvalue weighted by Crippen LogP contribution is -2.20. The molecule has 0 saturated carbocycles. The summed E-state index contributed by atoms with van der Waals surface area (Å²) in [6.07, 6.45) is 2.35. The predicted octanol–water partition coefficient (Wildman–Crippen LogP) is 8.07. The third kappa shape index (κ3) is 8.24. The normalized spacial score (nSPS) is 12.0. The van der Waals surface area contributed by atoms with E-state index < -0.39 is 0 Å². The van der Waals surface area contributed by atoms with Gasteiger partial charge in [0.1, 0.15) is 12.4 Å². The number of ether oxygens (including phenoxy) is 2. The van der Waals surface area contributed by atoms with Crippen LogP contribution in [0.25, 0.3) is 0 Å². The van der Waals surface area contributed by atoms with E-state index in [-0.39, 0.29) is 29.8 Å². The van der Waals surface area contributed by atoms with Crippen molar-refractivity contribution in [2.75, 3.05) is 7.11 Å². The predicted molar refractivity (Wildman–Crippen MR) is 166 cm³/mol. The minimum Gasteiger partial charge on any atom is -0.507 e. The molecule has 0 aliphatic carbocycles. The van der Waals surface area contributed by atoms with Crippen LogP contribution in [0.15, 0.2) is 58.1 Å². The molecule has 40 heavy (non-hydrogen) atoms. The van der Waals surface area contributed by atoms with Crippen LogP contribution in [0.2, 0.25) is 5.02 Å². The molecule has 3 aromatic carbocycles. The summed E-state index contributed by atoms with van der Waals surface area (Å²) in [5.41, 5.74) is 6.51. The van der Waals surface area contributed by atoms with Crippen molar-refractivity contribution in [3.63, 3.8) is 0 Å². The SMILES string of the molecule is COc1cc(/C=N\NC(=O)CCc2cc(C(C)(C)C)c(O)c(C(C)(C)C)c2)cc(Br)c1OCc1ccccc1Cl. The first-order valence-corrected chi connectivity index (χ1v) is 14.3. The van der Waals surface area contributed by atoms with Crippen molar-refractivity contribution in [2.45, 2.75) is 71.8 Å². The standard InChI is InChI=1S/C32H38BrClN2O4/c1-31(2,3)23-14-20(15-24(29(23)38)32(4,5)6)12-13-28(37)36-35-18-21-16-25(33)30(27(17-21)39-7)40-19-22-10-8-9-11-26(22)34/h8-11,14-18,38H,12-13,19H2,1-7H3,(H,36,37)/b35-18-. The highest BCUT2D eigenvalue weighted by atomic mass is 79.9. The van der Waals surface area contributed by atoms with Gasteiger partial charge in [0.25, 0.3) is 0 Å². The Morgan fingerprint density at radius 2 is 1.68 bits per heavy atom. The van der Waals surface area contributed by atoms with Crippen molar-refractivity contribution in [1.82, 2.24) is 5.43 Å². The lowest BCUT2D eigenvalue weighted by atomic mass is 9.78. The number of carbonyl (C=O) groups excluding carboxylic acids is 1. The number of amides is 1. The molecular formula is C32H38BrClN2O4. The Labute approximate surface area is 250 Å². The topological polar surface area (TPSA) is 80.2 Å². The molecule has 1 amide bonds.